The molecule has 0 aliphatic heterocycles. The lowest BCUT2D eigenvalue weighted by molar-refractivity contribution is -0.178. The van der Waals surface area contributed by atoms with Crippen molar-refractivity contribution in [2.75, 3.05) is 5.75 Å². The van der Waals surface area contributed by atoms with E-state index in [2.05, 4.69) is 6.92 Å². The minimum Gasteiger partial charge on any atom is -0.393 e. The number of hydrogen-bond donors (Lipinski definition) is 2. The molecule has 0 radical (unpaired) electrons. The smallest absolute Gasteiger partial charge is 0.189 e. The van der Waals surface area contributed by atoms with E-state index in [0.717, 1.165) is 37.4 Å². The maximum Gasteiger partial charge on any atom is 0.189 e. The molecule has 0 unspecified atom stereocenters. The van der Waals surface area contributed by atoms with Crippen molar-refractivity contribution in [3.63, 3.8) is 0 Å². The molecule has 0 aromatic heterocycles. The molecule has 0 aromatic rings. The Morgan fingerprint density at radius 3 is 2.52 bits per heavy atom. The monoisotopic (exact) mass is 476 g/mol. The van der Waals surface area contributed by atoms with Gasteiger partial charge in [-0.1, -0.05) is 52.0 Å². The summed E-state index contributed by atoms with van der Waals surface area (Å²) in [6.45, 7) is 10.2. The summed E-state index contributed by atoms with van der Waals surface area (Å²) in [5.41, 5.74) is -1.33. The molecule has 4 aliphatic rings. The molecule has 6 heteroatoms. The van der Waals surface area contributed by atoms with Crippen molar-refractivity contribution in [3.8, 4) is 0 Å². The maximum atomic E-state index is 13.3. The van der Waals surface area contributed by atoms with Crippen LogP contribution in [-0.4, -0.2) is 44.4 Å². The summed E-state index contributed by atoms with van der Waals surface area (Å²) in [5, 5.41) is 23.2. The molecule has 33 heavy (non-hydrogen) atoms. The summed E-state index contributed by atoms with van der Waals surface area (Å²) in [4.78, 5) is 37.7. The van der Waals surface area contributed by atoms with Crippen LogP contribution in [0.1, 0.15) is 86.0 Å². The second-order valence-electron chi connectivity index (χ2n) is 12.8. The molecule has 0 saturated heterocycles. The van der Waals surface area contributed by atoms with Crippen molar-refractivity contribution in [2.45, 2.75) is 97.7 Å². The van der Waals surface area contributed by atoms with Gasteiger partial charge in [0.25, 0.3) is 0 Å². The first kappa shape index (κ1) is 25.1. The highest BCUT2D eigenvalue weighted by Gasteiger charge is 2.68. The molecule has 4 aliphatic carbocycles. The molecule has 3 fully saturated rings. The minimum absolute atomic E-state index is 0.00930. The van der Waals surface area contributed by atoms with Crippen molar-refractivity contribution >= 4 is 28.4 Å². The number of aliphatic hydroxyl groups is 2. The fraction of sp³-hybridized carbons (Fsp3) is 0.815. The number of allylic oxidation sites excluding steroid dienone is 1. The predicted molar refractivity (Wildman–Crippen MR) is 130 cm³/mol. The zero-order chi connectivity index (χ0) is 24.4. The number of rotatable bonds is 4. The molecular formula is C27H40O5S. The lowest BCUT2D eigenvalue weighted by Gasteiger charge is -2.60. The minimum atomic E-state index is -1.50. The molecule has 5 nitrogen and oxygen atoms in total. The highest BCUT2D eigenvalue weighted by Crippen LogP contribution is 2.67. The fourth-order valence-electron chi connectivity index (χ4n) is 7.90. The Morgan fingerprint density at radius 1 is 1.15 bits per heavy atom. The van der Waals surface area contributed by atoms with Gasteiger partial charge < -0.3 is 10.2 Å². The third kappa shape index (κ3) is 4.08. The topological polar surface area (TPSA) is 91.7 Å². The molecule has 4 rings (SSSR count). The van der Waals surface area contributed by atoms with Crippen molar-refractivity contribution in [1.29, 1.82) is 0 Å². The van der Waals surface area contributed by atoms with Crippen LogP contribution >= 0.6 is 11.8 Å². The van der Waals surface area contributed by atoms with Gasteiger partial charge >= 0.3 is 0 Å². The molecule has 0 heterocycles. The first-order valence-corrected chi connectivity index (χ1v) is 13.5. The fourth-order valence-corrected chi connectivity index (χ4v) is 8.97. The second kappa shape index (κ2) is 8.30. The average molecular weight is 477 g/mol. The second-order valence-corrected chi connectivity index (χ2v) is 13.8. The number of thioether (sulfide) groups is 1. The van der Waals surface area contributed by atoms with Gasteiger partial charge in [-0.15, -0.1) is 0 Å². The summed E-state index contributed by atoms with van der Waals surface area (Å²) >= 11 is 1.02. The number of fused-ring (bicyclic) bond motifs is 5. The lowest BCUT2D eigenvalue weighted by Crippen LogP contribution is -2.62. The van der Waals surface area contributed by atoms with E-state index in [4.69, 9.17) is 0 Å². The third-order valence-electron chi connectivity index (χ3n) is 9.55. The van der Waals surface area contributed by atoms with Crippen LogP contribution in [0, 0.1) is 34.0 Å². The largest absolute Gasteiger partial charge is 0.393 e. The van der Waals surface area contributed by atoms with Crippen LogP contribution < -0.4 is 0 Å². The van der Waals surface area contributed by atoms with Crippen LogP contribution in [0.3, 0.4) is 0 Å². The number of ketones is 2. The van der Waals surface area contributed by atoms with Gasteiger partial charge in [-0.25, -0.2) is 0 Å². The van der Waals surface area contributed by atoms with Crippen molar-refractivity contribution < 1.29 is 24.6 Å². The Bertz CT molecular complexity index is 887. The summed E-state index contributed by atoms with van der Waals surface area (Å²) < 4.78 is 0. The van der Waals surface area contributed by atoms with Gasteiger partial charge in [-0.2, -0.15) is 0 Å². The summed E-state index contributed by atoms with van der Waals surface area (Å²) in [6, 6.07) is 0. The third-order valence-corrected chi connectivity index (χ3v) is 10.4. The molecule has 184 valence electrons. The van der Waals surface area contributed by atoms with Crippen LogP contribution in [0.4, 0.5) is 0 Å². The zero-order valence-corrected chi connectivity index (χ0v) is 21.6. The number of hydrogen-bond acceptors (Lipinski definition) is 6. The Balaban J connectivity index is 1.55. The lowest BCUT2D eigenvalue weighted by atomic mass is 9.45. The maximum absolute atomic E-state index is 13.3. The van der Waals surface area contributed by atoms with Crippen LogP contribution in [0.2, 0.25) is 0 Å². The summed E-state index contributed by atoms with van der Waals surface area (Å²) in [7, 11) is 0. The van der Waals surface area contributed by atoms with Gasteiger partial charge in [-0.3, -0.25) is 14.4 Å². The van der Waals surface area contributed by atoms with Gasteiger partial charge in [0.15, 0.2) is 16.7 Å². The Morgan fingerprint density at radius 2 is 1.85 bits per heavy atom. The molecular weight excluding hydrogens is 436 g/mol. The van der Waals surface area contributed by atoms with Crippen LogP contribution in [0.25, 0.3) is 0 Å². The highest BCUT2D eigenvalue weighted by atomic mass is 32.2. The molecule has 2 N–H and O–H groups in total. The SMILES string of the molecule is CC(C)(C)CC(=O)SCC(=O)[C@@]1(O)CC[C@H]2[C@@H]3CCC4=CC(=O)CC[C@]4(C)[C@H]3[C@@H](O)C[C@@]21C. The van der Waals surface area contributed by atoms with E-state index in [1.165, 1.54) is 5.57 Å². The van der Waals surface area contributed by atoms with Crippen molar-refractivity contribution in [3.05, 3.63) is 11.6 Å². The van der Waals surface area contributed by atoms with Crippen LogP contribution in [0.5, 0.6) is 0 Å². The van der Waals surface area contributed by atoms with E-state index in [1.54, 1.807) is 0 Å². The summed E-state index contributed by atoms with van der Waals surface area (Å²) in [5.74, 6) is 0.359. The van der Waals surface area contributed by atoms with E-state index in [-0.39, 0.29) is 51.0 Å². The Labute approximate surface area is 202 Å². The Hall–Kier alpha value is -0.980. The quantitative estimate of drug-likeness (QED) is 0.621. The predicted octanol–water partition coefficient (Wildman–Crippen LogP) is 4.49. The molecule has 3 saturated carbocycles. The summed E-state index contributed by atoms with van der Waals surface area (Å²) in [6.07, 6.45) is 6.18. The van der Waals surface area contributed by atoms with Crippen molar-refractivity contribution in [1.82, 2.24) is 0 Å². The molecule has 7 atom stereocenters. The van der Waals surface area contributed by atoms with Gasteiger partial charge in [-0.05, 0) is 73.2 Å². The van der Waals surface area contributed by atoms with Gasteiger partial charge in [0, 0.05) is 18.3 Å². The van der Waals surface area contributed by atoms with E-state index < -0.39 is 17.1 Å². The Kier molecular flexibility index (Phi) is 6.32. The molecule has 0 amide bonds. The van der Waals surface area contributed by atoms with E-state index in [9.17, 15) is 24.6 Å². The molecule has 0 spiro atoms. The number of carbonyl (C=O) groups excluding carboxylic acids is 3. The number of aliphatic hydroxyl groups excluding tert-OH is 1. The number of Topliss-reactive ketones (excluding diaryl/α,β-unsaturated/α-hetero) is 1. The first-order valence-electron chi connectivity index (χ1n) is 12.5. The van der Waals surface area contributed by atoms with Crippen molar-refractivity contribution in [2.24, 2.45) is 34.0 Å². The number of carbonyl (C=O) groups is 3. The van der Waals surface area contributed by atoms with Gasteiger partial charge in [0.05, 0.1) is 11.9 Å². The van der Waals surface area contributed by atoms with Crippen LogP contribution in [0.15, 0.2) is 11.6 Å². The molecule has 0 aromatic carbocycles. The van der Waals surface area contributed by atoms with E-state index in [0.29, 0.717) is 25.7 Å². The van der Waals surface area contributed by atoms with Gasteiger partial charge in [0.1, 0.15) is 5.60 Å². The molecule has 0 bridgehead atoms. The average Bonchev–Trinajstić information content (AvgIpc) is 2.96. The van der Waals surface area contributed by atoms with E-state index in [1.807, 2.05) is 33.8 Å². The first-order chi connectivity index (χ1) is 15.2. The van der Waals surface area contributed by atoms with E-state index >= 15 is 0 Å². The highest BCUT2D eigenvalue weighted by molar-refractivity contribution is 8.14. The van der Waals surface area contributed by atoms with Gasteiger partial charge in [0.2, 0.25) is 0 Å². The zero-order valence-electron chi connectivity index (χ0n) is 20.8. The standard InChI is InChI=1S/C27H40O5S/c1-24(2,3)14-22(31)33-15-21(30)27(32)11-9-19-18-7-6-16-12-17(28)8-10-25(16,4)23(18)20(29)13-26(19,27)5/h12,18-20,23,29,32H,6-11,13-15H2,1-5H3/t18-,19-,20-,23+,25-,26-,27-/m0/s1. The normalized spacial score (nSPS) is 42.8. The van der Waals surface area contributed by atoms with Crippen LogP contribution in [-0.2, 0) is 14.4 Å².